The van der Waals surface area contributed by atoms with E-state index in [-0.39, 0.29) is 12.0 Å². The minimum Gasteiger partial charge on any atom is -0.465 e. The van der Waals surface area contributed by atoms with Gasteiger partial charge in [-0.3, -0.25) is 14.9 Å². The number of rotatable bonds is 4. The van der Waals surface area contributed by atoms with Crippen LogP contribution in [0.15, 0.2) is 52.1 Å². The zero-order chi connectivity index (χ0) is 20.6. The average Bonchev–Trinajstić information content (AvgIpc) is 2.77. The summed E-state index contributed by atoms with van der Waals surface area (Å²) in [7, 11) is 1.38. The van der Waals surface area contributed by atoms with Crippen LogP contribution in [-0.4, -0.2) is 80.2 Å². The van der Waals surface area contributed by atoms with Crippen molar-refractivity contribution in [2.24, 2.45) is 9.98 Å². The molecule has 154 valence electrons. The van der Waals surface area contributed by atoms with Crippen LogP contribution < -0.4 is 4.90 Å². The summed E-state index contributed by atoms with van der Waals surface area (Å²) in [4.78, 5) is 29.5. The van der Waals surface area contributed by atoms with E-state index in [2.05, 4.69) is 56.8 Å². The molecule has 0 radical (unpaired) electrons. The van der Waals surface area contributed by atoms with Gasteiger partial charge in [0, 0.05) is 50.8 Å². The van der Waals surface area contributed by atoms with Gasteiger partial charge >= 0.3 is 5.97 Å². The summed E-state index contributed by atoms with van der Waals surface area (Å²) in [5.74, 6) is 0.530. The van der Waals surface area contributed by atoms with Crippen molar-refractivity contribution in [3.63, 3.8) is 0 Å². The fraction of sp³-hybridized carbons (Fsp3) is 0.455. The third kappa shape index (κ3) is 5.60. The molecule has 1 aromatic heterocycles. The zero-order valence-corrected chi connectivity index (χ0v) is 17.4. The number of methoxy groups -OCH3 is 1. The largest absolute Gasteiger partial charge is 0.465 e. The van der Waals surface area contributed by atoms with Crippen LogP contribution in [0.4, 0.5) is 5.82 Å². The number of aliphatic imine (C=N–C) groups is 2. The van der Waals surface area contributed by atoms with Gasteiger partial charge in [-0.15, -0.1) is 0 Å². The standard InChI is InChI=1S/C22H29N5O2/c1-17-15-19(5-4-8-23-9-10-24-17)18(2)26-11-13-27(14-12-26)21-7-6-20(16-25-21)22(28)29-3/h4-7,9-10,15-18H,8,11-14H2,1-3H3/b5-4-,19-15+,23-9-,24-10-. The maximum absolute atomic E-state index is 11.6. The number of hydrogen-bond donors (Lipinski definition) is 0. The normalized spacial score (nSPS) is 26.7. The maximum Gasteiger partial charge on any atom is 0.339 e. The highest BCUT2D eigenvalue weighted by atomic mass is 16.5. The van der Waals surface area contributed by atoms with Gasteiger partial charge in [-0.2, -0.15) is 0 Å². The first-order chi connectivity index (χ1) is 14.1. The van der Waals surface area contributed by atoms with E-state index in [0.29, 0.717) is 18.2 Å². The van der Waals surface area contributed by atoms with Gasteiger partial charge in [0.1, 0.15) is 5.82 Å². The summed E-state index contributed by atoms with van der Waals surface area (Å²) < 4.78 is 4.73. The van der Waals surface area contributed by atoms with Crippen LogP contribution in [0.5, 0.6) is 0 Å². The van der Waals surface area contributed by atoms with Crippen molar-refractivity contribution in [3.8, 4) is 0 Å². The first-order valence-corrected chi connectivity index (χ1v) is 10.0. The SMILES string of the molecule is COC(=O)c1ccc(N2CCN(C(C)C3=C/C(C)/N=C\C=N/C/C=C\3)CC2)nc1. The van der Waals surface area contributed by atoms with Crippen molar-refractivity contribution >= 4 is 24.2 Å². The van der Waals surface area contributed by atoms with Gasteiger partial charge in [0.15, 0.2) is 0 Å². The molecule has 0 saturated carbocycles. The molecule has 2 aliphatic rings. The average molecular weight is 396 g/mol. The molecular weight excluding hydrogens is 366 g/mol. The third-order valence-corrected chi connectivity index (χ3v) is 5.29. The molecular formula is C22H29N5O2. The summed E-state index contributed by atoms with van der Waals surface area (Å²) in [6.45, 7) is 8.69. The van der Waals surface area contributed by atoms with Crippen molar-refractivity contribution in [1.82, 2.24) is 9.88 Å². The number of hydrogen-bond acceptors (Lipinski definition) is 7. The first kappa shape index (κ1) is 20.9. The Bertz CT molecular complexity index is 805. The Morgan fingerprint density at radius 2 is 2.00 bits per heavy atom. The topological polar surface area (TPSA) is 70.4 Å². The van der Waals surface area contributed by atoms with Crippen LogP contribution in [0, 0.1) is 0 Å². The van der Waals surface area contributed by atoms with Crippen molar-refractivity contribution in [3.05, 3.63) is 47.7 Å². The Morgan fingerprint density at radius 1 is 1.21 bits per heavy atom. The van der Waals surface area contributed by atoms with Gasteiger partial charge in [-0.25, -0.2) is 9.78 Å². The summed E-state index contributed by atoms with van der Waals surface area (Å²) in [6.07, 6.45) is 11.6. The lowest BCUT2D eigenvalue weighted by molar-refractivity contribution is 0.0600. The van der Waals surface area contributed by atoms with Crippen LogP contribution in [0.3, 0.4) is 0 Å². The quantitative estimate of drug-likeness (QED) is 0.732. The lowest BCUT2D eigenvalue weighted by atomic mass is 10.0. The molecule has 0 aromatic carbocycles. The van der Waals surface area contributed by atoms with Gasteiger partial charge in [0.05, 0.1) is 25.3 Å². The minimum absolute atomic E-state index is 0.125. The monoisotopic (exact) mass is 395 g/mol. The van der Waals surface area contributed by atoms with E-state index < -0.39 is 0 Å². The van der Waals surface area contributed by atoms with E-state index in [0.717, 1.165) is 32.0 Å². The second-order valence-corrected chi connectivity index (χ2v) is 7.22. The fourth-order valence-electron chi connectivity index (χ4n) is 3.55. The van der Waals surface area contributed by atoms with Gasteiger partial charge in [-0.05, 0) is 31.6 Å². The van der Waals surface area contributed by atoms with Crippen LogP contribution in [-0.2, 0) is 4.74 Å². The highest BCUT2D eigenvalue weighted by molar-refractivity contribution is 6.16. The fourth-order valence-corrected chi connectivity index (χ4v) is 3.55. The first-order valence-electron chi connectivity index (χ1n) is 10.0. The van der Waals surface area contributed by atoms with Gasteiger partial charge < -0.3 is 9.64 Å². The van der Waals surface area contributed by atoms with Gasteiger partial charge in [-0.1, -0.05) is 18.2 Å². The van der Waals surface area contributed by atoms with Crippen LogP contribution in [0.2, 0.25) is 0 Å². The van der Waals surface area contributed by atoms with Gasteiger partial charge in [0.25, 0.3) is 0 Å². The van der Waals surface area contributed by atoms with Crippen molar-refractivity contribution < 1.29 is 9.53 Å². The Hall–Kier alpha value is -2.80. The predicted octanol–water partition coefficient (Wildman–Crippen LogP) is 2.41. The molecule has 1 aromatic rings. The molecule has 2 aliphatic heterocycles. The molecule has 2 atom stereocenters. The summed E-state index contributed by atoms with van der Waals surface area (Å²) in [6, 6.07) is 4.09. The Morgan fingerprint density at radius 3 is 2.69 bits per heavy atom. The van der Waals surface area contributed by atoms with E-state index in [1.54, 1.807) is 24.7 Å². The summed E-state index contributed by atoms with van der Waals surface area (Å²) in [5, 5.41) is 0. The van der Waals surface area contributed by atoms with Crippen LogP contribution in [0.25, 0.3) is 0 Å². The maximum atomic E-state index is 11.6. The molecule has 2 unspecified atom stereocenters. The number of pyridine rings is 1. The lowest BCUT2D eigenvalue weighted by Crippen LogP contribution is -2.50. The molecule has 1 fully saturated rings. The predicted molar refractivity (Wildman–Crippen MR) is 117 cm³/mol. The number of piperazine rings is 1. The number of nitrogens with zero attached hydrogens (tertiary/aromatic N) is 5. The van der Waals surface area contributed by atoms with E-state index >= 15 is 0 Å². The number of carbonyl (C=O) groups excluding carboxylic acids is 1. The van der Waals surface area contributed by atoms with Crippen molar-refractivity contribution in [2.45, 2.75) is 25.9 Å². The van der Waals surface area contributed by atoms with Gasteiger partial charge in [0.2, 0.25) is 0 Å². The summed E-state index contributed by atoms with van der Waals surface area (Å²) in [5.41, 5.74) is 1.75. The highest BCUT2D eigenvalue weighted by Gasteiger charge is 2.23. The molecule has 3 rings (SSSR count). The molecule has 0 amide bonds. The molecule has 0 bridgehead atoms. The molecule has 0 spiro atoms. The molecule has 0 N–H and O–H groups in total. The molecule has 1 saturated heterocycles. The summed E-state index contributed by atoms with van der Waals surface area (Å²) >= 11 is 0. The Kier molecular flexibility index (Phi) is 7.30. The molecule has 29 heavy (non-hydrogen) atoms. The Balaban J connectivity index is 1.62. The number of anilines is 1. The van der Waals surface area contributed by atoms with Crippen molar-refractivity contribution in [1.29, 1.82) is 0 Å². The van der Waals surface area contributed by atoms with E-state index in [1.165, 1.54) is 12.7 Å². The zero-order valence-electron chi connectivity index (χ0n) is 17.4. The number of esters is 1. The number of carbonyl (C=O) groups is 1. The second-order valence-electron chi connectivity index (χ2n) is 7.22. The van der Waals surface area contributed by atoms with E-state index in [1.807, 2.05) is 6.07 Å². The Labute approximate surface area is 172 Å². The van der Waals surface area contributed by atoms with E-state index in [4.69, 9.17) is 4.74 Å². The minimum atomic E-state index is -0.362. The lowest BCUT2D eigenvalue weighted by Gasteiger charge is -2.39. The second kappa shape index (κ2) is 10.1. The number of aromatic nitrogens is 1. The van der Waals surface area contributed by atoms with Crippen LogP contribution >= 0.6 is 0 Å². The highest BCUT2D eigenvalue weighted by Crippen LogP contribution is 2.19. The molecule has 7 nitrogen and oxygen atoms in total. The third-order valence-electron chi connectivity index (χ3n) is 5.29. The van der Waals surface area contributed by atoms with Crippen molar-refractivity contribution in [2.75, 3.05) is 44.7 Å². The smallest absolute Gasteiger partial charge is 0.339 e. The number of ether oxygens (including phenoxy) is 1. The van der Waals surface area contributed by atoms with Crippen LogP contribution in [0.1, 0.15) is 24.2 Å². The molecule has 0 aliphatic carbocycles. The molecule has 3 heterocycles. The molecule has 7 heteroatoms. The van der Waals surface area contributed by atoms with E-state index in [9.17, 15) is 4.79 Å².